The fourth-order valence-corrected chi connectivity index (χ4v) is 1.93. The van der Waals surface area contributed by atoms with Gasteiger partial charge >= 0.3 is 0 Å². The van der Waals surface area contributed by atoms with Crippen LogP contribution in [0.3, 0.4) is 0 Å². The zero-order valence-corrected chi connectivity index (χ0v) is 8.20. The molecule has 2 rings (SSSR count). The summed E-state index contributed by atoms with van der Waals surface area (Å²) in [5.41, 5.74) is 1.37. The summed E-state index contributed by atoms with van der Waals surface area (Å²) in [6, 6.07) is 0.558. The SMILES string of the molecule is CCC1(C)CC1n1cncc1CO. The van der Waals surface area contributed by atoms with Crippen LogP contribution in [0.15, 0.2) is 12.5 Å². The number of rotatable bonds is 3. The van der Waals surface area contributed by atoms with Crippen LogP contribution in [0.5, 0.6) is 0 Å². The molecule has 3 heteroatoms. The number of nitrogens with zero attached hydrogens (tertiary/aromatic N) is 2. The lowest BCUT2D eigenvalue weighted by Crippen LogP contribution is -2.05. The van der Waals surface area contributed by atoms with E-state index in [4.69, 9.17) is 5.11 Å². The van der Waals surface area contributed by atoms with Crippen LogP contribution in [0.4, 0.5) is 0 Å². The van der Waals surface area contributed by atoms with Gasteiger partial charge in [0.2, 0.25) is 0 Å². The van der Waals surface area contributed by atoms with E-state index in [-0.39, 0.29) is 6.61 Å². The van der Waals surface area contributed by atoms with Gasteiger partial charge in [-0.25, -0.2) is 4.98 Å². The second kappa shape index (κ2) is 2.84. The highest BCUT2D eigenvalue weighted by Crippen LogP contribution is 2.58. The van der Waals surface area contributed by atoms with Crippen molar-refractivity contribution in [2.75, 3.05) is 0 Å². The van der Waals surface area contributed by atoms with Crippen LogP contribution in [0.1, 0.15) is 38.4 Å². The van der Waals surface area contributed by atoms with Gasteiger partial charge in [-0.2, -0.15) is 0 Å². The summed E-state index contributed by atoms with van der Waals surface area (Å²) in [4.78, 5) is 4.06. The predicted octanol–water partition coefficient (Wildman–Crippen LogP) is 1.74. The number of aromatic nitrogens is 2. The molecule has 0 saturated heterocycles. The number of hydrogen-bond acceptors (Lipinski definition) is 2. The summed E-state index contributed by atoms with van der Waals surface area (Å²) >= 11 is 0. The topological polar surface area (TPSA) is 38.0 Å². The van der Waals surface area contributed by atoms with Gasteiger partial charge < -0.3 is 9.67 Å². The van der Waals surface area contributed by atoms with E-state index in [0.29, 0.717) is 11.5 Å². The minimum atomic E-state index is 0.0935. The Hall–Kier alpha value is -0.830. The summed E-state index contributed by atoms with van der Waals surface area (Å²) in [6.45, 7) is 4.60. The third-order valence-corrected chi connectivity index (χ3v) is 3.36. The van der Waals surface area contributed by atoms with Gasteiger partial charge in [-0.05, 0) is 18.3 Å². The van der Waals surface area contributed by atoms with Gasteiger partial charge in [-0.1, -0.05) is 13.8 Å². The van der Waals surface area contributed by atoms with Crippen LogP contribution < -0.4 is 0 Å². The fourth-order valence-electron chi connectivity index (χ4n) is 1.93. The van der Waals surface area contributed by atoms with Crippen molar-refractivity contribution in [3.05, 3.63) is 18.2 Å². The standard InChI is InChI=1S/C10H16N2O/c1-3-10(2)4-9(10)12-7-11-5-8(12)6-13/h5,7,9,13H,3-4,6H2,1-2H3. The average Bonchev–Trinajstić information content (AvgIpc) is 2.65. The summed E-state index contributed by atoms with van der Waals surface area (Å²) in [7, 11) is 0. The van der Waals surface area contributed by atoms with Crippen LogP contribution in [-0.4, -0.2) is 14.7 Å². The Morgan fingerprint density at radius 1 is 1.77 bits per heavy atom. The first-order valence-electron chi connectivity index (χ1n) is 4.83. The lowest BCUT2D eigenvalue weighted by molar-refractivity contribution is 0.268. The van der Waals surface area contributed by atoms with E-state index >= 15 is 0 Å². The molecule has 1 aliphatic rings. The van der Waals surface area contributed by atoms with E-state index in [1.54, 1.807) is 6.20 Å². The van der Waals surface area contributed by atoms with Crippen LogP contribution in [0.25, 0.3) is 0 Å². The molecule has 2 unspecified atom stereocenters. The second-order valence-electron chi connectivity index (χ2n) is 4.18. The Morgan fingerprint density at radius 2 is 2.54 bits per heavy atom. The Bertz CT molecular complexity index is 308. The largest absolute Gasteiger partial charge is 0.390 e. The Labute approximate surface area is 78.4 Å². The number of hydrogen-bond donors (Lipinski definition) is 1. The fraction of sp³-hybridized carbons (Fsp3) is 0.700. The van der Waals surface area contributed by atoms with E-state index in [0.717, 1.165) is 5.69 Å². The Balaban J connectivity index is 2.20. The van der Waals surface area contributed by atoms with Crippen molar-refractivity contribution >= 4 is 0 Å². The van der Waals surface area contributed by atoms with E-state index in [2.05, 4.69) is 23.4 Å². The monoisotopic (exact) mass is 180 g/mol. The first-order chi connectivity index (χ1) is 6.21. The summed E-state index contributed by atoms with van der Waals surface area (Å²) in [5.74, 6) is 0. The molecule has 72 valence electrons. The van der Waals surface area contributed by atoms with Gasteiger partial charge in [-0.3, -0.25) is 0 Å². The molecule has 1 aromatic heterocycles. The highest BCUT2D eigenvalue weighted by atomic mass is 16.3. The molecule has 2 atom stereocenters. The van der Waals surface area contributed by atoms with E-state index in [1.165, 1.54) is 12.8 Å². The van der Waals surface area contributed by atoms with Gasteiger partial charge in [0.15, 0.2) is 0 Å². The molecule has 13 heavy (non-hydrogen) atoms. The first-order valence-corrected chi connectivity index (χ1v) is 4.83. The molecule has 0 amide bonds. The average molecular weight is 180 g/mol. The molecular formula is C10H16N2O. The normalized spacial score (nSPS) is 32.1. The zero-order valence-electron chi connectivity index (χ0n) is 8.20. The van der Waals surface area contributed by atoms with Gasteiger partial charge in [0.1, 0.15) is 0 Å². The third-order valence-electron chi connectivity index (χ3n) is 3.36. The number of aliphatic hydroxyl groups is 1. The summed E-state index contributed by atoms with van der Waals surface area (Å²) < 4.78 is 2.11. The van der Waals surface area contributed by atoms with Crippen LogP contribution >= 0.6 is 0 Å². The first kappa shape index (κ1) is 8.75. The van der Waals surface area contributed by atoms with E-state index < -0.39 is 0 Å². The molecule has 1 aromatic rings. The lowest BCUT2D eigenvalue weighted by Gasteiger charge is -2.10. The van der Waals surface area contributed by atoms with Crippen LogP contribution in [0, 0.1) is 5.41 Å². The highest BCUT2D eigenvalue weighted by Gasteiger charge is 2.50. The molecule has 0 aliphatic heterocycles. The van der Waals surface area contributed by atoms with Crippen molar-refractivity contribution in [3.8, 4) is 0 Å². The maximum Gasteiger partial charge on any atom is 0.0951 e. The number of aliphatic hydroxyl groups excluding tert-OH is 1. The minimum absolute atomic E-state index is 0.0935. The molecule has 0 radical (unpaired) electrons. The molecule has 3 nitrogen and oxygen atoms in total. The molecule has 0 spiro atoms. The van der Waals surface area contributed by atoms with E-state index in [1.807, 2.05) is 6.33 Å². The van der Waals surface area contributed by atoms with Crippen molar-refractivity contribution in [2.24, 2.45) is 5.41 Å². The molecule has 1 heterocycles. The molecule has 1 fully saturated rings. The van der Waals surface area contributed by atoms with Crippen LogP contribution in [-0.2, 0) is 6.61 Å². The molecule has 0 aromatic carbocycles. The van der Waals surface area contributed by atoms with Crippen molar-refractivity contribution in [1.82, 2.24) is 9.55 Å². The van der Waals surface area contributed by atoms with Gasteiger partial charge in [0, 0.05) is 6.04 Å². The third kappa shape index (κ3) is 1.27. The molecule has 1 N–H and O–H groups in total. The summed E-state index contributed by atoms with van der Waals surface area (Å²) in [6.07, 6.45) is 5.99. The lowest BCUT2D eigenvalue weighted by atomic mass is 10.1. The molecule has 0 bridgehead atoms. The van der Waals surface area contributed by atoms with Crippen LogP contribution in [0.2, 0.25) is 0 Å². The highest BCUT2D eigenvalue weighted by molar-refractivity contribution is 5.09. The second-order valence-corrected chi connectivity index (χ2v) is 4.18. The summed E-state index contributed by atoms with van der Waals surface area (Å²) in [5, 5.41) is 9.07. The number of imidazole rings is 1. The van der Waals surface area contributed by atoms with E-state index in [9.17, 15) is 0 Å². The molecular weight excluding hydrogens is 164 g/mol. The quantitative estimate of drug-likeness (QED) is 0.769. The predicted molar refractivity (Wildman–Crippen MR) is 50.2 cm³/mol. The van der Waals surface area contributed by atoms with Crippen molar-refractivity contribution < 1.29 is 5.11 Å². The zero-order chi connectivity index (χ0) is 9.47. The van der Waals surface area contributed by atoms with Crippen molar-refractivity contribution in [3.63, 3.8) is 0 Å². The van der Waals surface area contributed by atoms with Gasteiger partial charge in [0.05, 0.1) is 24.8 Å². The van der Waals surface area contributed by atoms with Gasteiger partial charge in [-0.15, -0.1) is 0 Å². The maximum absolute atomic E-state index is 9.07. The van der Waals surface area contributed by atoms with Crippen molar-refractivity contribution in [1.29, 1.82) is 0 Å². The van der Waals surface area contributed by atoms with Crippen molar-refractivity contribution in [2.45, 2.75) is 39.3 Å². The maximum atomic E-state index is 9.07. The minimum Gasteiger partial charge on any atom is -0.390 e. The Morgan fingerprint density at radius 3 is 3.08 bits per heavy atom. The smallest absolute Gasteiger partial charge is 0.0951 e. The molecule has 1 aliphatic carbocycles. The van der Waals surface area contributed by atoms with Gasteiger partial charge in [0.25, 0.3) is 0 Å². The molecule has 1 saturated carbocycles. The Kier molecular flexibility index (Phi) is 1.91.